The Morgan fingerprint density at radius 2 is 1.63 bits per heavy atom. The van der Waals surface area contributed by atoms with Crippen molar-refractivity contribution in [3.05, 3.63) is 88.4 Å². The van der Waals surface area contributed by atoms with Gasteiger partial charge < -0.3 is 9.50 Å². The number of anilines is 1. The average Bonchev–Trinajstić information content (AvgIpc) is 2.64. The van der Waals surface area contributed by atoms with Crippen molar-refractivity contribution in [2.75, 3.05) is 5.32 Å². The number of para-hydroxylation sites is 1. The maximum atomic E-state index is 12.6. The first-order valence-corrected chi connectivity index (χ1v) is 10.2. The molecule has 0 saturated heterocycles. The van der Waals surface area contributed by atoms with Gasteiger partial charge in [-0.1, -0.05) is 53.6 Å². The Balaban J connectivity index is 1.81. The Hall–Kier alpha value is -2.50. The summed E-state index contributed by atoms with van der Waals surface area (Å²) in [5, 5.41) is 3.96. The molecule has 0 fully saturated rings. The van der Waals surface area contributed by atoms with Crippen LogP contribution >= 0.6 is 11.6 Å². The summed E-state index contributed by atoms with van der Waals surface area (Å²) in [4.78, 5) is 0.126. The minimum Gasteiger partial charge on any atom is -0.381 e. The van der Waals surface area contributed by atoms with Gasteiger partial charge in [-0.15, -0.1) is 0 Å². The van der Waals surface area contributed by atoms with Crippen LogP contribution < -0.4 is 9.50 Å². The summed E-state index contributed by atoms with van der Waals surface area (Å²) in [5.41, 5.74) is 3.53. The Morgan fingerprint density at radius 3 is 2.37 bits per heavy atom. The van der Waals surface area contributed by atoms with Crippen LogP contribution in [-0.4, -0.2) is 8.42 Å². The predicted molar refractivity (Wildman–Crippen MR) is 109 cm³/mol. The third-order valence-corrected chi connectivity index (χ3v) is 5.88. The monoisotopic (exact) mass is 401 g/mol. The van der Waals surface area contributed by atoms with Crippen LogP contribution in [0.1, 0.15) is 16.7 Å². The maximum Gasteiger partial charge on any atom is 0.339 e. The van der Waals surface area contributed by atoms with Gasteiger partial charge in [-0.05, 0) is 49.7 Å². The highest BCUT2D eigenvalue weighted by Gasteiger charge is 2.18. The zero-order chi connectivity index (χ0) is 19.4. The molecule has 0 bridgehead atoms. The zero-order valence-electron chi connectivity index (χ0n) is 15.1. The molecular formula is C21H20ClNO3S. The molecule has 0 unspecified atom stereocenters. The highest BCUT2D eigenvalue weighted by Crippen LogP contribution is 2.27. The van der Waals surface area contributed by atoms with Crippen molar-refractivity contribution in [1.82, 2.24) is 0 Å². The molecule has 3 aromatic rings. The van der Waals surface area contributed by atoms with Crippen LogP contribution in [-0.2, 0) is 16.7 Å². The van der Waals surface area contributed by atoms with Crippen LogP contribution in [0.5, 0.6) is 5.75 Å². The lowest BCUT2D eigenvalue weighted by Gasteiger charge is -2.14. The van der Waals surface area contributed by atoms with E-state index in [0.29, 0.717) is 17.3 Å². The molecule has 0 aromatic heterocycles. The first kappa shape index (κ1) is 19.3. The van der Waals surface area contributed by atoms with E-state index in [9.17, 15) is 8.42 Å². The Bertz CT molecular complexity index is 1050. The molecule has 6 heteroatoms. The lowest BCUT2D eigenvalue weighted by Crippen LogP contribution is -2.12. The first-order chi connectivity index (χ1) is 12.9. The van der Waals surface area contributed by atoms with Gasteiger partial charge in [-0.2, -0.15) is 8.42 Å². The quantitative estimate of drug-likeness (QED) is 0.566. The number of hydrogen-bond donors (Lipinski definition) is 1. The molecule has 3 rings (SSSR count). The fraction of sp³-hybridized carbons (Fsp3) is 0.143. The fourth-order valence-corrected chi connectivity index (χ4v) is 3.73. The topological polar surface area (TPSA) is 55.4 Å². The second-order valence-corrected chi connectivity index (χ2v) is 8.18. The first-order valence-electron chi connectivity index (χ1n) is 8.45. The van der Waals surface area contributed by atoms with Gasteiger partial charge in [0.05, 0.1) is 0 Å². The van der Waals surface area contributed by atoms with Gasteiger partial charge in [0, 0.05) is 22.8 Å². The molecule has 0 aliphatic heterocycles. The van der Waals surface area contributed by atoms with Crippen LogP contribution in [0.2, 0.25) is 5.02 Å². The molecule has 0 atom stereocenters. The smallest absolute Gasteiger partial charge is 0.339 e. The van der Waals surface area contributed by atoms with Crippen molar-refractivity contribution < 1.29 is 12.6 Å². The number of rotatable bonds is 6. The molecule has 0 saturated carbocycles. The molecule has 1 N–H and O–H groups in total. The second-order valence-electron chi connectivity index (χ2n) is 6.22. The lowest BCUT2D eigenvalue weighted by molar-refractivity contribution is 0.483. The van der Waals surface area contributed by atoms with Gasteiger partial charge in [0.2, 0.25) is 0 Å². The summed E-state index contributed by atoms with van der Waals surface area (Å²) in [5.74, 6) is 0.297. The van der Waals surface area contributed by atoms with E-state index in [4.69, 9.17) is 15.8 Å². The largest absolute Gasteiger partial charge is 0.381 e. The average molecular weight is 402 g/mol. The van der Waals surface area contributed by atoms with E-state index in [1.165, 1.54) is 0 Å². The van der Waals surface area contributed by atoms with Crippen LogP contribution in [0.15, 0.2) is 71.6 Å². The molecule has 4 nitrogen and oxygen atoms in total. The SMILES string of the molecule is Cc1ccc(S(=O)(=O)Oc2ccccc2CNc2cccc(Cl)c2C)cc1. The number of nitrogens with one attached hydrogen (secondary N) is 1. The minimum atomic E-state index is -3.90. The zero-order valence-corrected chi connectivity index (χ0v) is 16.6. The van der Waals surface area contributed by atoms with Crippen molar-refractivity contribution in [3.8, 4) is 5.75 Å². The van der Waals surface area contributed by atoms with E-state index < -0.39 is 10.1 Å². The predicted octanol–water partition coefficient (Wildman–Crippen LogP) is 5.34. The van der Waals surface area contributed by atoms with Crippen molar-refractivity contribution in [2.24, 2.45) is 0 Å². The van der Waals surface area contributed by atoms with Gasteiger partial charge in [-0.3, -0.25) is 0 Å². The van der Waals surface area contributed by atoms with E-state index in [1.54, 1.807) is 36.4 Å². The Morgan fingerprint density at radius 1 is 0.926 bits per heavy atom. The Kier molecular flexibility index (Phi) is 5.73. The van der Waals surface area contributed by atoms with Crippen LogP contribution in [0.4, 0.5) is 5.69 Å². The van der Waals surface area contributed by atoms with E-state index in [0.717, 1.165) is 22.4 Å². The van der Waals surface area contributed by atoms with Crippen molar-refractivity contribution >= 4 is 27.4 Å². The summed E-state index contributed by atoms with van der Waals surface area (Å²) in [6.45, 7) is 4.23. The summed E-state index contributed by atoms with van der Waals surface area (Å²) in [7, 11) is -3.90. The van der Waals surface area contributed by atoms with E-state index in [2.05, 4.69) is 5.32 Å². The van der Waals surface area contributed by atoms with Gasteiger partial charge in [0.1, 0.15) is 10.6 Å². The number of hydrogen-bond acceptors (Lipinski definition) is 4. The number of halogens is 1. The summed E-state index contributed by atoms with van der Waals surface area (Å²) in [6.07, 6.45) is 0. The van der Waals surface area contributed by atoms with Crippen LogP contribution in [0.25, 0.3) is 0 Å². The highest BCUT2D eigenvalue weighted by atomic mass is 35.5. The second kappa shape index (κ2) is 8.03. The Labute approximate surface area is 164 Å². The van der Waals surface area contributed by atoms with Gasteiger partial charge in [-0.25, -0.2) is 0 Å². The fourth-order valence-electron chi connectivity index (χ4n) is 2.59. The van der Waals surface area contributed by atoms with Crippen LogP contribution in [0, 0.1) is 13.8 Å². The molecule has 0 amide bonds. The van der Waals surface area contributed by atoms with Crippen molar-refractivity contribution in [2.45, 2.75) is 25.3 Å². The molecule has 0 spiro atoms. The highest BCUT2D eigenvalue weighted by molar-refractivity contribution is 7.87. The lowest BCUT2D eigenvalue weighted by atomic mass is 10.1. The number of benzene rings is 3. The van der Waals surface area contributed by atoms with E-state index in [1.807, 2.05) is 44.2 Å². The van der Waals surface area contributed by atoms with Gasteiger partial charge in [0.15, 0.2) is 0 Å². The molecule has 0 aliphatic carbocycles. The van der Waals surface area contributed by atoms with Crippen molar-refractivity contribution in [1.29, 1.82) is 0 Å². The standard InChI is InChI=1S/C21H20ClNO3S/c1-15-10-12-18(13-11-15)27(24,25)26-21-9-4-3-6-17(21)14-23-20-8-5-7-19(22)16(20)2/h3-13,23H,14H2,1-2H3. The van der Waals surface area contributed by atoms with Crippen LogP contribution in [0.3, 0.4) is 0 Å². The molecule has 0 aliphatic rings. The normalized spacial score (nSPS) is 11.2. The summed E-state index contributed by atoms with van der Waals surface area (Å²) in [6, 6.07) is 19.2. The van der Waals surface area contributed by atoms with Gasteiger partial charge in [0.25, 0.3) is 0 Å². The minimum absolute atomic E-state index is 0.126. The maximum absolute atomic E-state index is 12.6. The van der Waals surface area contributed by atoms with E-state index >= 15 is 0 Å². The summed E-state index contributed by atoms with van der Waals surface area (Å²) >= 11 is 6.15. The third kappa shape index (κ3) is 4.62. The third-order valence-electron chi connectivity index (χ3n) is 4.22. The van der Waals surface area contributed by atoms with E-state index in [-0.39, 0.29) is 4.90 Å². The summed E-state index contributed by atoms with van der Waals surface area (Å²) < 4.78 is 30.6. The number of aryl methyl sites for hydroxylation is 1. The van der Waals surface area contributed by atoms with Gasteiger partial charge >= 0.3 is 10.1 Å². The molecule has 27 heavy (non-hydrogen) atoms. The molecular weight excluding hydrogens is 382 g/mol. The molecule has 3 aromatic carbocycles. The molecule has 0 radical (unpaired) electrons. The molecule has 140 valence electrons. The van der Waals surface area contributed by atoms with Crippen molar-refractivity contribution in [3.63, 3.8) is 0 Å². The molecule has 0 heterocycles.